The fourth-order valence-electron chi connectivity index (χ4n) is 3.59. The van der Waals surface area contributed by atoms with E-state index in [9.17, 15) is 4.79 Å². The van der Waals surface area contributed by atoms with Gasteiger partial charge in [0.2, 0.25) is 11.9 Å². The van der Waals surface area contributed by atoms with E-state index in [4.69, 9.17) is 38.4 Å². The van der Waals surface area contributed by atoms with Gasteiger partial charge >= 0.3 is 0 Å². The van der Waals surface area contributed by atoms with Crippen molar-refractivity contribution in [1.82, 2.24) is 14.8 Å². The number of nitrogens with two attached hydrogens (primary N) is 1. The number of hydrogen-bond donors (Lipinski definition) is 2. The minimum Gasteiger partial charge on any atom is -0.490 e. The molecule has 0 radical (unpaired) electrons. The highest BCUT2D eigenvalue weighted by atomic mass is 35.5. The Balaban J connectivity index is 1.69. The molecule has 32 heavy (non-hydrogen) atoms. The standard InChI is InChI=1S/C22H21Cl2N5O3/c1-3-31-18-8-13(5-7-17(18)32-10-14-4-6-15(23)9-16(14)24)20-19(21(25)30)12(2)28-22-26-11-27-29(20)22/h4-9,11,20H,3,10H2,1-2H3,(H2,25,30)(H,26,27,28). The number of allylic oxidation sites excluding steroid dienone is 1. The van der Waals surface area contributed by atoms with E-state index in [0.29, 0.717) is 45.4 Å². The molecule has 1 unspecified atom stereocenters. The summed E-state index contributed by atoms with van der Waals surface area (Å²) >= 11 is 12.2. The van der Waals surface area contributed by atoms with Gasteiger partial charge in [0.1, 0.15) is 19.0 Å². The van der Waals surface area contributed by atoms with Gasteiger partial charge < -0.3 is 20.5 Å². The largest absolute Gasteiger partial charge is 0.490 e. The van der Waals surface area contributed by atoms with E-state index >= 15 is 0 Å². The topological polar surface area (TPSA) is 104 Å². The fraction of sp³-hybridized carbons (Fsp3) is 0.227. The van der Waals surface area contributed by atoms with Crippen molar-refractivity contribution in [2.24, 2.45) is 5.73 Å². The highest BCUT2D eigenvalue weighted by molar-refractivity contribution is 6.35. The molecule has 2 aromatic carbocycles. The van der Waals surface area contributed by atoms with E-state index in [1.54, 1.807) is 29.8 Å². The van der Waals surface area contributed by atoms with Gasteiger partial charge in [0, 0.05) is 21.3 Å². The van der Waals surface area contributed by atoms with Crippen LogP contribution in [-0.4, -0.2) is 27.3 Å². The van der Waals surface area contributed by atoms with Crippen molar-refractivity contribution in [3.8, 4) is 11.5 Å². The Labute approximate surface area is 194 Å². The number of fused-ring (bicyclic) bond motifs is 1. The molecule has 166 valence electrons. The van der Waals surface area contributed by atoms with Gasteiger partial charge in [-0.15, -0.1) is 0 Å². The van der Waals surface area contributed by atoms with E-state index in [0.717, 1.165) is 11.1 Å². The Morgan fingerprint density at radius 1 is 1.19 bits per heavy atom. The summed E-state index contributed by atoms with van der Waals surface area (Å²) in [4.78, 5) is 16.5. The van der Waals surface area contributed by atoms with Crippen LogP contribution in [0.15, 0.2) is 54.0 Å². The first-order valence-electron chi connectivity index (χ1n) is 9.89. The summed E-state index contributed by atoms with van der Waals surface area (Å²) in [6, 6.07) is 10.1. The van der Waals surface area contributed by atoms with Crippen LogP contribution in [0, 0.1) is 0 Å². The van der Waals surface area contributed by atoms with Crippen LogP contribution in [0.4, 0.5) is 5.95 Å². The number of amides is 1. The number of nitrogens with zero attached hydrogens (tertiary/aromatic N) is 3. The molecule has 0 saturated carbocycles. The number of rotatable bonds is 7. The quantitative estimate of drug-likeness (QED) is 0.528. The molecule has 10 heteroatoms. The van der Waals surface area contributed by atoms with Crippen LogP contribution in [0.1, 0.15) is 31.0 Å². The number of ether oxygens (including phenoxy) is 2. The lowest BCUT2D eigenvalue weighted by Crippen LogP contribution is -2.31. The van der Waals surface area contributed by atoms with E-state index in [2.05, 4.69) is 15.4 Å². The number of aromatic nitrogens is 3. The second kappa shape index (κ2) is 9.10. The van der Waals surface area contributed by atoms with Gasteiger partial charge in [-0.05, 0) is 43.7 Å². The van der Waals surface area contributed by atoms with Crippen molar-refractivity contribution in [2.75, 3.05) is 11.9 Å². The fourth-order valence-corrected chi connectivity index (χ4v) is 4.06. The Kier molecular flexibility index (Phi) is 6.25. The zero-order valence-corrected chi connectivity index (χ0v) is 18.9. The number of anilines is 1. The first-order chi connectivity index (χ1) is 15.4. The summed E-state index contributed by atoms with van der Waals surface area (Å²) < 4.78 is 13.4. The molecular weight excluding hydrogens is 453 g/mol. The SMILES string of the molecule is CCOc1cc(C2C(C(N)=O)=C(C)Nc3ncnn32)ccc1OCc1ccc(Cl)cc1Cl. The normalized spacial score (nSPS) is 15.2. The number of carbonyl (C=O) groups is 1. The summed E-state index contributed by atoms with van der Waals surface area (Å²) in [5.74, 6) is 1.04. The van der Waals surface area contributed by atoms with Crippen LogP contribution in [0.2, 0.25) is 10.0 Å². The minimum atomic E-state index is -0.551. The highest BCUT2D eigenvalue weighted by Gasteiger charge is 2.32. The molecule has 4 rings (SSSR count). The van der Waals surface area contributed by atoms with Gasteiger partial charge in [-0.1, -0.05) is 35.3 Å². The molecule has 1 aromatic heterocycles. The predicted octanol–water partition coefficient (Wildman–Crippen LogP) is 4.34. The van der Waals surface area contributed by atoms with Gasteiger partial charge in [-0.3, -0.25) is 4.79 Å². The van der Waals surface area contributed by atoms with E-state index in [1.807, 2.05) is 25.1 Å². The van der Waals surface area contributed by atoms with Crippen LogP contribution >= 0.6 is 23.2 Å². The number of nitrogens with one attached hydrogen (secondary N) is 1. The lowest BCUT2D eigenvalue weighted by atomic mass is 9.95. The van der Waals surface area contributed by atoms with Crippen molar-refractivity contribution >= 4 is 35.1 Å². The minimum absolute atomic E-state index is 0.238. The lowest BCUT2D eigenvalue weighted by molar-refractivity contribution is -0.115. The molecule has 0 bridgehead atoms. The average molecular weight is 474 g/mol. The number of hydrogen-bond acceptors (Lipinski definition) is 6. The first-order valence-corrected chi connectivity index (χ1v) is 10.6. The number of primary amides is 1. The van der Waals surface area contributed by atoms with Crippen molar-refractivity contribution in [3.05, 3.63) is 75.2 Å². The van der Waals surface area contributed by atoms with Gasteiger partial charge in [-0.2, -0.15) is 10.1 Å². The summed E-state index contributed by atoms with van der Waals surface area (Å²) in [6.45, 7) is 4.33. The zero-order chi connectivity index (χ0) is 22.8. The van der Waals surface area contributed by atoms with Crippen LogP contribution in [0.25, 0.3) is 0 Å². The van der Waals surface area contributed by atoms with E-state index in [-0.39, 0.29) is 6.61 Å². The second-order valence-corrected chi connectivity index (χ2v) is 7.97. The molecule has 1 amide bonds. The smallest absolute Gasteiger partial charge is 0.248 e. The Morgan fingerprint density at radius 3 is 2.72 bits per heavy atom. The summed E-state index contributed by atoms with van der Waals surface area (Å²) in [5.41, 5.74) is 8.27. The Hall–Kier alpha value is -3.23. The molecule has 1 atom stereocenters. The maximum absolute atomic E-state index is 12.3. The van der Waals surface area contributed by atoms with Crippen LogP contribution < -0.4 is 20.5 Å². The Bertz CT molecular complexity index is 1210. The molecule has 2 heterocycles. The van der Waals surface area contributed by atoms with E-state index < -0.39 is 11.9 Å². The molecular formula is C22H21Cl2N5O3. The zero-order valence-electron chi connectivity index (χ0n) is 17.4. The van der Waals surface area contributed by atoms with Crippen LogP contribution in [0.5, 0.6) is 11.5 Å². The maximum Gasteiger partial charge on any atom is 0.248 e. The third kappa shape index (κ3) is 4.24. The average Bonchev–Trinajstić information content (AvgIpc) is 3.21. The third-order valence-electron chi connectivity index (χ3n) is 5.04. The molecule has 1 aliphatic heterocycles. The molecule has 8 nitrogen and oxygen atoms in total. The van der Waals surface area contributed by atoms with Crippen LogP contribution in [-0.2, 0) is 11.4 Å². The van der Waals surface area contributed by atoms with Crippen molar-refractivity contribution in [2.45, 2.75) is 26.5 Å². The highest BCUT2D eigenvalue weighted by Crippen LogP contribution is 2.38. The van der Waals surface area contributed by atoms with Gasteiger partial charge in [0.25, 0.3) is 0 Å². The monoisotopic (exact) mass is 473 g/mol. The van der Waals surface area contributed by atoms with Crippen molar-refractivity contribution < 1.29 is 14.3 Å². The Morgan fingerprint density at radius 2 is 2.00 bits per heavy atom. The number of carbonyl (C=O) groups excluding carboxylic acids is 1. The number of benzene rings is 2. The van der Waals surface area contributed by atoms with E-state index in [1.165, 1.54) is 6.33 Å². The summed E-state index contributed by atoms with van der Waals surface area (Å²) in [6.07, 6.45) is 1.42. The molecule has 0 aliphatic carbocycles. The molecule has 3 N–H and O–H groups in total. The number of halogens is 2. The van der Waals surface area contributed by atoms with Gasteiger partial charge in [-0.25, -0.2) is 4.68 Å². The molecule has 0 fully saturated rings. The predicted molar refractivity (Wildman–Crippen MR) is 122 cm³/mol. The molecule has 1 aliphatic rings. The lowest BCUT2D eigenvalue weighted by Gasteiger charge is -2.28. The van der Waals surface area contributed by atoms with Gasteiger partial charge in [0.05, 0.1) is 12.2 Å². The molecule has 0 saturated heterocycles. The van der Waals surface area contributed by atoms with Gasteiger partial charge in [0.15, 0.2) is 11.5 Å². The molecule has 3 aromatic rings. The van der Waals surface area contributed by atoms with Crippen molar-refractivity contribution in [1.29, 1.82) is 0 Å². The van der Waals surface area contributed by atoms with Crippen molar-refractivity contribution in [3.63, 3.8) is 0 Å². The summed E-state index contributed by atoms with van der Waals surface area (Å²) in [7, 11) is 0. The maximum atomic E-state index is 12.3. The first kappa shape index (κ1) is 22.0. The molecule has 0 spiro atoms. The third-order valence-corrected chi connectivity index (χ3v) is 5.63. The van der Waals surface area contributed by atoms with Crippen LogP contribution in [0.3, 0.4) is 0 Å². The second-order valence-electron chi connectivity index (χ2n) is 7.12. The summed E-state index contributed by atoms with van der Waals surface area (Å²) in [5, 5.41) is 8.41.